The molecule has 4 nitrogen and oxygen atoms in total. The van der Waals surface area contributed by atoms with Crippen molar-refractivity contribution in [3.63, 3.8) is 0 Å². The van der Waals surface area contributed by atoms with E-state index < -0.39 is 36.3 Å². The van der Waals surface area contributed by atoms with E-state index in [1.165, 1.54) is 12.1 Å². The van der Waals surface area contributed by atoms with Crippen LogP contribution in [0.1, 0.15) is 27.9 Å². The Morgan fingerprint density at radius 2 is 1.95 bits per heavy atom. The molecule has 120 valence electrons. The summed E-state index contributed by atoms with van der Waals surface area (Å²) in [6.07, 6.45) is -6.73. The van der Waals surface area contributed by atoms with Crippen LogP contribution in [-0.2, 0) is 0 Å². The Labute approximate surface area is 124 Å². The normalized spacial score (nSPS) is 21.3. The number of carbonyl (C=O) groups is 1. The van der Waals surface area contributed by atoms with E-state index in [0.29, 0.717) is 0 Å². The molecule has 1 heterocycles. The first kappa shape index (κ1) is 16.3. The fraction of sp³-hybridized carbons (Fsp3) is 0.357. The monoisotopic (exact) mass is 318 g/mol. The lowest BCUT2D eigenvalue weighted by Crippen LogP contribution is -2.55. The van der Waals surface area contributed by atoms with Crippen molar-refractivity contribution in [2.45, 2.75) is 32.4 Å². The number of hydrogen-bond acceptors (Lipinski definition) is 3. The van der Waals surface area contributed by atoms with Crippen LogP contribution in [0.25, 0.3) is 0 Å². The number of hydrogen-bond donors (Lipinski definition) is 2. The highest BCUT2D eigenvalue weighted by Crippen LogP contribution is 2.35. The van der Waals surface area contributed by atoms with E-state index in [9.17, 15) is 27.5 Å². The zero-order valence-electron chi connectivity index (χ0n) is 11.8. The summed E-state index contributed by atoms with van der Waals surface area (Å²) >= 11 is 0. The lowest BCUT2D eigenvalue weighted by atomic mass is 10.0. The standard InChI is InChI=1S/C14H14F4N2O2/c1-7-3-4-9(5-8(7)2)12(21)20-14(22,13(17)18)6-10(19-20)11(15)16/h3-5,13,19,22H,6H2,1-2H3. The number of halogens is 4. The molecular formula is C14H14F4N2O2. The minimum atomic E-state index is -3.41. The lowest BCUT2D eigenvalue weighted by Gasteiger charge is -2.31. The third kappa shape index (κ3) is 2.66. The molecule has 0 radical (unpaired) electrons. The van der Waals surface area contributed by atoms with Crippen LogP contribution in [-0.4, -0.2) is 28.2 Å². The molecule has 2 N–H and O–H groups in total. The number of nitrogens with zero attached hydrogens (tertiary/aromatic N) is 1. The zero-order chi connectivity index (χ0) is 16.7. The van der Waals surface area contributed by atoms with Crippen LogP contribution in [0.2, 0.25) is 0 Å². The van der Waals surface area contributed by atoms with Gasteiger partial charge in [-0.3, -0.25) is 10.2 Å². The van der Waals surface area contributed by atoms with Crippen LogP contribution in [0, 0.1) is 13.8 Å². The topological polar surface area (TPSA) is 52.6 Å². The van der Waals surface area contributed by atoms with Gasteiger partial charge >= 0.3 is 0 Å². The van der Waals surface area contributed by atoms with E-state index >= 15 is 0 Å². The quantitative estimate of drug-likeness (QED) is 0.825. The highest BCUT2D eigenvalue weighted by atomic mass is 19.3. The lowest BCUT2D eigenvalue weighted by molar-refractivity contribution is -0.168. The Hall–Kier alpha value is -2.09. The minimum absolute atomic E-state index is 0.00944. The first-order chi connectivity index (χ1) is 10.2. The molecule has 1 saturated heterocycles. The molecule has 1 aliphatic heterocycles. The Morgan fingerprint density at radius 1 is 1.32 bits per heavy atom. The van der Waals surface area contributed by atoms with Gasteiger partial charge in [0.1, 0.15) is 5.70 Å². The fourth-order valence-corrected chi connectivity index (χ4v) is 2.12. The Kier molecular flexibility index (Phi) is 4.15. The number of carbonyl (C=O) groups excluding carboxylic acids is 1. The molecule has 0 aromatic heterocycles. The predicted molar refractivity (Wildman–Crippen MR) is 70.0 cm³/mol. The van der Waals surface area contributed by atoms with Gasteiger partial charge in [0.15, 0.2) is 0 Å². The Balaban J connectivity index is 2.42. The van der Waals surface area contributed by atoms with Crippen molar-refractivity contribution >= 4 is 5.91 Å². The zero-order valence-corrected chi connectivity index (χ0v) is 11.8. The van der Waals surface area contributed by atoms with Crippen molar-refractivity contribution < 1.29 is 27.5 Å². The summed E-state index contributed by atoms with van der Waals surface area (Å²) in [4.78, 5) is 12.3. The van der Waals surface area contributed by atoms with Crippen molar-refractivity contribution in [3.05, 3.63) is 46.7 Å². The molecule has 1 amide bonds. The third-order valence-electron chi connectivity index (χ3n) is 3.61. The molecule has 0 aliphatic carbocycles. The van der Waals surface area contributed by atoms with E-state index in [1.807, 2.05) is 5.43 Å². The smallest absolute Gasteiger partial charge is 0.291 e. The molecule has 1 aromatic rings. The van der Waals surface area contributed by atoms with E-state index in [0.717, 1.165) is 11.1 Å². The van der Waals surface area contributed by atoms with Crippen molar-refractivity contribution in [2.75, 3.05) is 0 Å². The van der Waals surface area contributed by atoms with Crippen molar-refractivity contribution in [1.29, 1.82) is 0 Å². The average molecular weight is 318 g/mol. The summed E-state index contributed by atoms with van der Waals surface area (Å²) in [5.41, 5.74) is -0.420. The van der Waals surface area contributed by atoms with Gasteiger partial charge in [0.25, 0.3) is 18.4 Å². The van der Waals surface area contributed by atoms with Crippen LogP contribution < -0.4 is 5.43 Å². The number of aryl methyl sites for hydroxylation is 2. The van der Waals surface area contributed by atoms with Crippen LogP contribution in [0.3, 0.4) is 0 Å². The largest absolute Gasteiger partial charge is 0.364 e. The number of aliphatic hydroxyl groups is 1. The molecule has 22 heavy (non-hydrogen) atoms. The molecule has 1 atom stereocenters. The number of hydrazine groups is 1. The molecule has 8 heteroatoms. The summed E-state index contributed by atoms with van der Waals surface area (Å²) in [7, 11) is 0. The van der Waals surface area contributed by atoms with Crippen molar-refractivity contribution in [1.82, 2.24) is 10.4 Å². The van der Waals surface area contributed by atoms with Crippen LogP contribution in [0.4, 0.5) is 17.6 Å². The summed E-state index contributed by atoms with van der Waals surface area (Å²) in [5.74, 6) is -1.01. The summed E-state index contributed by atoms with van der Waals surface area (Å²) in [6, 6.07) is 4.43. The minimum Gasteiger partial charge on any atom is -0.364 e. The first-order valence-electron chi connectivity index (χ1n) is 6.40. The number of alkyl halides is 2. The van der Waals surface area contributed by atoms with Crippen molar-refractivity contribution in [2.24, 2.45) is 0 Å². The molecule has 0 bridgehead atoms. The number of rotatable bonds is 2. The summed E-state index contributed by atoms with van der Waals surface area (Å²) in [5, 5.41) is 10.1. The average Bonchev–Trinajstić information content (AvgIpc) is 2.81. The molecule has 1 unspecified atom stereocenters. The SMILES string of the molecule is Cc1ccc(C(=O)N2NC(=C(F)F)CC2(O)C(F)F)cc1C. The second-order valence-electron chi connectivity index (χ2n) is 5.15. The first-order valence-corrected chi connectivity index (χ1v) is 6.40. The maximum Gasteiger partial charge on any atom is 0.291 e. The van der Waals surface area contributed by atoms with Gasteiger partial charge < -0.3 is 5.11 Å². The van der Waals surface area contributed by atoms with Gasteiger partial charge in [-0.2, -0.15) is 8.78 Å². The van der Waals surface area contributed by atoms with Gasteiger partial charge in [-0.1, -0.05) is 6.07 Å². The van der Waals surface area contributed by atoms with Crippen LogP contribution >= 0.6 is 0 Å². The molecule has 1 fully saturated rings. The van der Waals surface area contributed by atoms with E-state index in [2.05, 4.69) is 0 Å². The molecule has 1 aliphatic rings. The Bertz CT molecular complexity index is 644. The van der Waals surface area contributed by atoms with E-state index in [-0.39, 0.29) is 10.6 Å². The van der Waals surface area contributed by atoms with Crippen LogP contribution in [0.15, 0.2) is 30.0 Å². The highest BCUT2D eigenvalue weighted by molar-refractivity contribution is 5.95. The van der Waals surface area contributed by atoms with Gasteiger partial charge in [-0.05, 0) is 37.1 Å². The second kappa shape index (κ2) is 5.60. The van der Waals surface area contributed by atoms with Gasteiger partial charge in [0.2, 0.25) is 5.72 Å². The van der Waals surface area contributed by atoms with Gasteiger partial charge in [-0.15, -0.1) is 0 Å². The maximum absolute atomic E-state index is 13.1. The molecule has 0 spiro atoms. The van der Waals surface area contributed by atoms with Gasteiger partial charge in [0.05, 0.1) is 6.42 Å². The fourth-order valence-electron chi connectivity index (χ4n) is 2.12. The maximum atomic E-state index is 13.1. The van der Waals surface area contributed by atoms with E-state index in [1.54, 1.807) is 19.9 Å². The van der Waals surface area contributed by atoms with Gasteiger partial charge in [0, 0.05) is 5.56 Å². The molecular weight excluding hydrogens is 304 g/mol. The highest BCUT2D eigenvalue weighted by Gasteiger charge is 2.53. The number of nitrogens with one attached hydrogen (secondary N) is 1. The van der Waals surface area contributed by atoms with Crippen molar-refractivity contribution in [3.8, 4) is 0 Å². The summed E-state index contributed by atoms with van der Waals surface area (Å²) < 4.78 is 51.4. The second-order valence-corrected chi connectivity index (χ2v) is 5.15. The molecule has 1 aromatic carbocycles. The third-order valence-corrected chi connectivity index (χ3v) is 3.61. The number of amides is 1. The molecule has 0 saturated carbocycles. The molecule has 2 rings (SSSR count). The van der Waals surface area contributed by atoms with E-state index in [4.69, 9.17) is 0 Å². The van der Waals surface area contributed by atoms with Gasteiger partial charge in [-0.25, -0.2) is 13.8 Å². The van der Waals surface area contributed by atoms with Crippen LogP contribution in [0.5, 0.6) is 0 Å². The number of benzene rings is 1. The predicted octanol–water partition coefficient (Wildman–Crippen LogP) is 2.72. The summed E-state index contributed by atoms with van der Waals surface area (Å²) in [6.45, 7) is 3.52. The Morgan fingerprint density at radius 3 is 2.45 bits per heavy atom.